The molecule has 2 aromatic carbocycles. The van der Waals surface area contributed by atoms with Crippen LogP contribution in [0.25, 0.3) is 10.2 Å². The zero-order valence-electron chi connectivity index (χ0n) is 19.6. The molecule has 0 aliphatic rings. The van der Waals surface area contributed by atoms with Crippen molar-refractivity contribution in [2.45, 2.75) is 33.9 Å². The van der Waals surface area contributed by atoms with Crippen LogP contribution in [0, 0.1) is 20.8 Å². The Morgan fingerprint density at radius 3 is 2.53 bits per heavy atom. The zero-order valence-corrected chi connectivity index (χ0v) is 20.4. The van der Waals surface area contributed by atoms with Gasteiger partial charge in [-0.25, -0.2) is 4.98 Å². The number of thiophene rings is 1. The van der Waals surface area contributed by atoms with E-state index >= 15 is 0 Å². The smallest absolute Gasteiger partial charge is 0.266 e. The maximum atomic E-state index is 13.2. The Morgan fingerprint density at radius 2 is 1.82 bits per heavy atom. The fourth-order valence-corrected chi connectivity index (χ4v) is 4.87. The van der Waals surface area contributed by atoms with Gasteiger partial charge in [0.25, 0.3) is 11.5 Å². The first-order chi connectivity index (χ1) is 16.2. The van der Waals surface area contributed by atoms with E-state index in [0.717, 1.165) is 22.4 Å². The van der Waals surface area contributed by atoms with Crippen LogP contribution in [0.1, 0.15) is 31.9 Å². The van der Waals surface area contributed by atoms with Crippen LogP contribution in [-0.4, -0.2) is 33.3 Å². The van der Waals surface area contributed by atoms with E-state index in [1.54, 1.807) is 18.9 Å². The molecule has 7 nitrogen and oxygen atoms in total. The van der Waals surface area contributed by atoms with Crippen LogP contribution in [0.4, 0.5) is 5.69 Å². The molecule has 4 aromatic rings. The molecule has 174 valence electrons. The highest BCUT2D eigenvalue weighted by Crippen LogP contribution is 2.28. The van der Waals surface area contributed by atoms with E-state index in [0.29, 0.717) is 27.2 Å². The van der Waals surface area contributed by atoms with Crippen LogP contribution in [-0.2, 0) is 17.9 Å². The summed E-state index contributed by atoms with van der Waals surface area (Å²) < 4.78 is 1.30. The third kappa shape index (κ3) is 4.77. The summed E-state index contributed by atoms with van der Waals surface area (Å²) in [7, 11) is 1.71. The molecule has 0 aliphatic carbocycles. The van der Waals surface area contributed by atoms with E-state index < -0.39 is 0 Å². The molecule has 1 N–H and O–H groups in total. The Hall–Kier alpha value is -3.78. The van der Waals surface area contributed by atoms with Crippen molar-refractivity contribution in [1.29, 1.82) is 0 Å². The number of aromatic nitrogens is 2. The van der Waals surface area contributed by atoms with Gasteiger partial charge in [-0.3, -0.25) is 19.0 Å². The fourth-order valence-electron chi connectivity index (χ4n) is 3.83. The summed E-state index contributed by atoms with van der Waals surface area (Å²) in [6.45, 7) is 6.00. The highest BCUT2D eigenvalue weighted by atomic mass is 32.1. The first-order valence-corrected chi connectivity index (χ1v) is 11.7. The van der Waals surface area contributed by atoms with Crippen LogP contribution < -0.4 is 10.9 Å². The molecule has 2 aromatic heterocycles. The molecular formula is C26H26N4O3S. The molecule has 0 saturated heterocycles. The van der Waals surface area contributed by atoms with Gasteiger partial charge in [0, 0.05) is 19.3 Å². The maximum Gasteiger partial charge on any atom is 0.266 e. The Labute approximate surface area is 201 Å². The highest BCUT2D eigenvalue weighted by molar-refractivity contribution is 7.20. The van der Waals surface area contributed by atoms with E-state index in [9.17, 15) is 14.4 Å². The van der Waals surface area contributed by atoms with Crippen LogP contribution in [0.2, 0.25) is 0 Å². The van der Waals surface area contributed by atoms with Crippen LogP contribution in [0.15, 0.2) is 59.7 Å². The number of anilines is 1. The van der Waals surface area contributed by atoms with Gasteiger partial charge < -0.3 is 10.2 Å². The fraction of sp³-hybridized carbons (Fsp3) is 0.231. The Bertz CT molecular complexity index is 1440. The van der Waals surface area contributed by atoms with Gasteiger partial charge in [0.1, 0.15) is 11.4 Å². The lowest BCUT2D eigenvalue weighted by molar-refractivity contribution is -0.131. The number of likely N-dealkylation sites (N-methyl/N-ethyl adjacent to an activating group) is 1. The van der Waals surface area contributed by atoms with Crippen molar-refractivity contribution in [3.8, 4) is 0 Å². The number of benzene rings is 2. The van der Waals surface area contributed by atoms with Gasteiger partial charge in [-0.2, -0.15) is 0 Å². The van der Waals surface area contributed by atoms with Gasteiger partial charge in [-0.05, 0) is 43.5 Å². The minimum absolute atomic E-state index is 0.121. The molecule has 8 heteroatoms. The average Bonchev–Trinajstić information content (AvgIpc) is 3.15. The summed E-state index contributed by atoms with van der Waals surface area (Å²) in [6.07, 6.45) is 1.38. The predicted molar refractivity (Wildman–Crippen MR) is 135 cm³/mol. The van der Waals surface area contributed by atoms with Crippen LogP contribution in [0.5, 0.6) is 0 Å². The van der Waals surface area contributed by atoms with E-state index in [-0.39, 0.29) is 23.9 Å². The molecule has 0 spiro atoms. The molecule has 0 atom stereocenters. The van der Waals surface area contributed by atoms with Crippen molar-refractivity contribution in [1.82, 2.24) is 14.5 Å². The van der Waals surface area contributed by atoms with Gasteiger partial charge in [0.15, 0.2) is 0 Å². The summed E-state index contributed by atoms with van der Waals surface area (Å²) in [4.78, 5) is 45.8. The third-order valence-corrected chi connectivity index (χ3v) is 6.95. The molecule has 34 heavy (non-hydrogen) atoms. The molecule has 2 heterocycles. The lowest BCUT2D eigenvalue weighted by atomic mass is 10.1. The normalized spacial score (nSPS) is 10.9. The number of nitrogens with zero attached hydrogens (tertiary/aromatic N) is 3. The second kappa shape index (κ2) is 9.61. The highest BCUT2D eigenvalue weighted by Gasteiger charge is 2.21. The van der Waals surface area contributed by atoms with E-state index in [1.807, 2.05) is 62.4 Å². The molecule has 0 saturated carbocycles. The number of fused-ring (bicyclic) bond motifs is 1. The summed E-state index contributed by atoms with van der Waals surface area (Å²) in [6, 6.07) is 15.5. The van der Waals surface area contributed by atoms with E-state index in [2.05, 4.69) is 10.3 Å². The quantitative estimate of drug-likeness (QED) is 0.452. The number of nitrogens with one attached hydrogen (secondary N) is 1. The molecule has 0 radical (unpaired) electrons. The van der Waals surface area contributed by atoms with Crippen molar-refractivity contribution in [3.63, 3.8) is 0 Å². The molecule has 0 unspecified atom stereocenters. The van der Waals surface area contributed by atoms with Crippen molar-refractivity contribution >= 4 is 39.1 Å². The van der Waals surface area contributed by atoms with Crippen molar-refractivity contribution in [2.24, 2.45) is 0 Å². The summed E-state index contributed by atoms with van der Waals surface area (Å²) in [5, 5.41) is 3.31. The molecule has 0 aliphatic heterocycles. The van der Waals surface area contributed by atoms with Crippen molar-refractivity contribution < 1.29 is 9.59 Å². The topological polar surface area (TPSA) is 84.3 Å². The maximum absolute atomic E-state index is 13.2. The number of hydrogen-bond donors (Lipinski definition) is 1. The average molecular weight is 475 g/mol. The number of rotatable bonds is 6. The second-order valence-corrected chi connectivity index (χ2v) is 9.42. The predicted octanol–water partition coefficient (Wildman–Crippen LogP) is 4.29. The summed E-state index contributed by atoms with van der Waals surface area (Å²) >= 11 is 1.18. The van der Waals surface area contributed by atoms with Gasteiger partial charge in [-0.15, -0.1) is 11.3 Å². The molecule has 4 rings (SSSR count). The first kappa shape index (κ1) is 23.4. The standard InChI is InChI=1S/C26H26N4O3S/c1-16-10-11-20(17(2)12-16)28-24(32)23-18(3)22-25(34-23)27-15-30(26(22)33)14-21(31)29(4)13-19-8-6-5-7-9-19/h5-12,15H,13-14H2,1-4H3,(H,28,32). The monoisotopic (exact) mass is 474 g/mol. The Balaban J connectivity index is 1.56. The molecule has 0 fully saturated rings. The van der Waals surface area contributed by atoms with E-state index in [4.69, 9.17) is 0 Å². The van der Waals surface area contributed by atoms with Gasteiger partial charge >= 0.3 is 0 Å². The summed E-state index contributed by atoms with van der Waals surface area (Å²) in [5.41, 5.74) is 4.05. The Morgan fingerprint density at radius 1 is 1.09 bits per heavy atom. The number of hydrogen-bond acceptors (Lipinski definition) is 5. The lowest BCUT2D eigenvalue weighted by Crippen LogP contribution is -2.33. The van der Waals surface area contributed by atoms with Gasteiger partial charge in [-0.1, -0.05) is 48.0 Å². The SMILES string of the molecule is Cc1ccc(NC(=O)c2sc3ncn(CC(=O)N(C)Cc4ccccc4)c(=O)c3c2C)c(C)c1. The number of amides is 2. The summed E-state index contributed by atoms with van der Waals surface area (Å²) in [5.74, 6) is -0.482. The molecular weight excluding hydrogens is 448 g/mol. The first-order valence-electron chi connectivity index (χ1n) is 10.9. The zero-order chi connectivity index (χ0) is 24.4. The van der Waals surface area contributed by atoms with Crippen molar-refractivity contribution in [3.05, 3.63) is 92.3 Å². The Kier molecular flexibility index (Phi) is 6.61. The second-order valence-electron chi connectivity index (χ2n) is 8.42. The number of carbonyl (C=O) groups is 2. The van der Waals surface area contributed by atoms with Gasteiger partial charge in [0.05, 0.1) is 16.6 Å². The van der Waals surface area contributed by atoms with Crippen LogP contribution >= 0.6 is 11.3 Å². The number of carbonyl (C=O) groups excluding carboxylic acids is 2. The van der Waals surface area contributed by atoms with Crippen LogP contribution in [0.3, 0.4) is 0 Å². The number of aryl methyl sites for hydroxylation is 3. The lowest BCUT2D eigenvalue weighted by Gasteiger charge is -2.17. The van der Waals surface area contributed by atoms with E-state index in [1.165, 1.54) is 22.2 Å². The molecule has 0 bridgehead atoms. The van der Waals surface area contributed by atoms with Gasteiger partial charge in [0.2, 0.25) is 5.91 Å². The third-order valence-electron chi connectivity index (χ3n) is 5.75. The van der Waals surface area contributed by atoms with Crippen molar-refractivity contribution in [2.75, 3.05) is 12.4 Å². The minimum Gasteiger partial charge on any atom is -0.340 e. The minimum atomic E-state index is -0.328. The largest absolute Gasteiger partial charge is 0.340 e. The molecule has 2 amide bonds.